The molecule has 2 fully saturated rings. The molecule has 2 atom stereocenters. The number of anilines is 1. The lowest BCUT2D eigenvalue weighted by molar-refractivity contribution is -0.135. The molecule has 0 radical (unpaired) electrons. The molecule has 0 N–H and O–H groups in total. The van der Waals surface area contributed by atoms with Gasteiger partial charge in [0.05, 0.1) is 26.9 Å². The Morgan fingerprint density at radius 2 is 1.77 bits per heavy atom. The van der Waals surface area contributed by atoms with Crippen molar-refractivity contribution < 1.29 is 22.7 Å². The largest absolute Gasteiger partial charge is 0.452 e. The number of fused-ring (bicyclic) bond motifs is 2. The van der Waals surface area contributed by atoms with E-state index in [0.29, 0.717) is 17.9 Å². The van der Waals surface area contributed by atoms with Crippen molar-refractivity contribution in [3.8, 4) is 5.69 Å². The maximum Gasteiger partial charge on any atom is 0.340 e. The number of halogens is 1. The van der Waals surface area contributed by atoms with Crippen LogP contribution in [0.25, 0.3) is 5.69 Å². The first-order valence-corrected chi connectivity index (χ1v) is 16.0. The van der Waals surface area contributed by atoms with Crippen molar-refractivity contribution >= 4 is 39.2 Å². The van der Waals surface area contributed by atoms with E-state index >= 15 is 0 Å². The summed E-state index contributed by atoms with van der Waals surface area (Å²) in [7, 11) is -1.35. The van der Waals surface area contributed by atoms with Crippen LogP contribution < -0.4 is 9.86 Å². The van der Waals surface area contributed by atoms with Crippen LogP contribution in [0.1, 0.15) is 56.1 Å². The van der Waals surface area contributed by atoms with E-state index in [1.54, 1.807) is 42.9 Å². The molecule has 2 unspecified atom stereocenters. The molecule has 10 nitrogen and oxygen atoms in total. The second-order valence-electron chi connectivity index (χ2n) is 12.8. The Bertz CT molecular complexity index is 1760. The highest BCUT2D eigenvalue weighted by Crippen LogP contribution is 2.52. The van der Waals surface area contributed by atoms with E-state index in [0.717, 1.165) is 29.6 Å². The first-order valence-electron chi connectivity index (χ1n) is 14.1. The number of rotatable bonds is 7. The number of hydrogen-bond donors (Lipinski definition) is 0. The fourth-order valence-electron chi connectivity index (χ4n) is 7.06. The van der Waals surface area contributed by atoms with Gasteiger partial charge in [-0.2, -0.15) is 0 Å². The number of ether oxygens (including phenoxy) is 1. The van der Waals surface area contributed by atoms with Gasteiger partial charge in [-0.25, -0.2) is 17.9 Å². The highest BCUT2D eigenvalue weighted by atomic mass is 35.5. The number of carbonyl (C=O) groups excluding carboxylic acids is 2. The van der Waals surface area contributed by atoms with E-state index in [-0.39, 0.29) is 43.9 Å². The summed E-state index contributed by atoms with van der Waals surface area (Å²) < 4.78 is 36.7. The Morgan fingerprint density at radius 1 is 1.09 bits per heavy atom. The van der Waals surface area contributed by atoms with Gasteiger partial charge in [-0.3, -0.25) is 18.6 Å². The van der Waals surface area contributed by atoms with Gasteiger partial charge in [-0.15, -0.1) is 0 Å². The molecule has 2 aromatic carbocycles. The zero-order valence-electron chi connectivity index (χ0n) is 25.3. The second-order valence-corrected chi connectivity index (χ2v) is 15.2. The van der Waals surface area contributed by atoms with Crippen LogP contribution in [-0.2, 0) is 26.6 Å². The van der Waals surface area contributed by atoms with Crippen LogP contribution in [0.2, 0.25) is 5.02 Å². The third-order valence-corrected chi connectivity index (χ3v) is 10.8. The summed E-state index contributed by atoms with van der Waals surface area (Å²) in [4.78, 5) is 41.2. The number of aromatic nitrogens is 2. The van der Waals surface area contributed by atoms with Gasteiger partial charge >= 0.3 is 5.97 Å². The maximum atomic E-state index is 13.7. The number of nitrogens with zero attached hydrogens (tertiary/aromatic N) is 4. The van der Waals surface area contributed by atoms with Crippen molar-refractivity contribution in [1.82, 2.24) is 14.3 Å². The van der Waals surface area contributed by atoms with E-state index in [1.807, 2.05) is 11.0 Å². The SMILES string of the molecule is Cc1c(N(C)S(=O)(=O)c2ccc(Cl)c(C(=O)OCC(=O)N3CC4(C)CC3CC(C)(C)C4)c2)c(=O)n(-c2ccccc2)n1C. The number of amides is 1. The molecule has 1 aliphatic heterocycles. The lowest BCUT2D eigenvalue weighted by Crippen LogP contribution is -2.39. The van der Waals surface area contributed by atoms with Gasteiger partial charge in [0.2, 0.25) is 0 Å². The Morgan fingerprint density at radius 3 is 2.44 bits per heavy atom. The van der Waals surface area contributed by atoms with Crippen LogP contribution in [0.3, 0.4) is 0 Å². The average molecular weight is 629 g/mol. The van der Waals surface area contributed by atoms with Crippen molar-refractivity contribution in [3.63, 3.8) is 0 Å². The lowest BCUT2D eigenvalue weighted by Gasteiger charge is -2.39. The van der Waals surface area contributed by atoms with Crippen LogP contribution >= 0.6 is 11.6 Å². The summed E-state index contributed by atoms with van der Waals surface area (Å²) in [5.74, 6) is -1.19. The standard InChI is InChI=1S/C31H37ClN4O6S/c1-20-27(28(38)36(33(20)5)21-10-8-7-9-11-21)34(6)43(40,41)23-12-13-25(32)24(14-23)29(39)42-17-26(37)35-19-31(4)16-22(35)15-30(2,3)18-31/h7-14,22H,15-19H2,1-6H3. The minimum absolute atomic E-state index is 0.0207. The molecule has 1 saturated heterocycles. The number of likely N-dealkylation sites (tertiary alicyclic amines) is 1. The molecule has 1 aromatic heterocycles. The fraction of sp³-hybridized carbons (Fsp3) is 0.452. The molecule has 2 aliphatic rings. The van der Waals surface area contributed by atoms with Gasteiger partial charge < -0.3 is 9.64 Å². The number of para-hydroxylation sites is 1. The van der Waals surface area contributed by atoms with Crippen molar-refractivity contribution in [2.24, 2.45) is 17.9 Å². The van der Waals surface area contributed by atoms with Gasteiger partial charge in [0.25, 0.3) is 21.5 Å². The molecule has 0 spiro atoms. The smallest absolute Gasteiger partial charge is 0.340 e. The molecule has 230 valence electrons. The highest BCUT2D eigenvalue weighted by Gasteiger charge is 2.51. The quantitative estimate of drug-likeness (QED) is 0.355. The zero-order chi connectivity index (χ0) is 31.5. The number of esters is 1. The van der Waals surface area contributed by atoms with Gasteiger partial charge in [-0.05, 0) is 67.3 Å². The van der Waals surface area contributed by atoms with Gasteiger partial charge in [0.15, 0.2) is 6.61 Å². The van der Waals surface area contributed by atoms with E-state index in [2.05, 4.69) is 20.8 Å². The van der Waals surface area contributed by atoms with E-state index in [1.165, 1.54) is 23.9 Å². The summed E-state index contributed by atoms with van der Waals surface area (Å²) in [5.41, 5.74) is 0.418. The Balaban J connectivity index is 1.36. The predicted octanol–water partition coefficient (Wildman–Crippen LogP) is 4.55. The summed E-state index contributed by atoms with van der Waals surface area (Å²) in [5, 5.41) is -0.0207. The first-order chi connectivity index (χ1) is 20.0. The van der Waals surface area contributed by atoms with Crippen LogP contribution in [0, 0.1) is 17.8 Å². The molecule has 1 aliphatic carbocycles. The predicted molar refractivity (Wildman–Crippen MR) is 164 cm³/mol. The second kappa shape index (κ2) is 10.9. The molecule has 5 rings (SSSR count). The van der Waals surface area contributed by atoms with Crippen LogP contribution in [-0.4, -0.2) is 60.8 Å². The maximum absolute atomic E-state index is 13.7. The molecule has 2 bridgehead atoms. The Hall–Kier alpha value is -3.57. The Labute approximate surface area is 256 Å². The van der Waals surface area contributed by atoms with Gasteiger partial charge in [-0.1, -0.05) is 50.6 Å². The minimum atomic E-state index is -4.30. The van der Waals surface area contributed by atoms with Crippen LogP contribution in [0.4, 0.5) is 5.69 Å². The third-order valence-electron chi connectivity index (χ3n) is 8.72. The average Bonchev–Trinajstić information content (AvgIpc) is 3.33. The van der Waals surface area contributed by atoms with Crippen molar-refractivity contribution in [2.75, 3.05) is 24.5 Å². The van der Waals surface area contributed by atoms with Gasteiger partial charge in [0, 0.05) is 26.7 Å². The number of benzene rings is 2. The number of sulfonamides is 1. The van der Waals surface area contributed by atoms with Gasteiger partial charge in [0.1, 0.15) is 5.69 Å². The van der Waals surface area contributed by atoms with Crippen LogP contribution in [0.15, 0.2) is 58.2 Å². The molecule has 2 heterocycles. The third kappa shape index (κ3) is 5.60. The van der Waals surface area contributed by atoms with E-state index in [4.69, 9.17) is 16.3 Å². The zero-order valence-corrected chi connectivity index (χ0v) is 26.8. The summed E-state index contributed by atoms with van der Waals surface area (Å²) in [6.45, 7) is 8.41. The van der Waals surface area contributed by atoms with Crippen molar-refractivity contribution in [2.45, 2.75) is 57.9 Å². The Kier molecular flexibility index (Phi) is 7.79. The molecule has 12 heteroatoms. The summed E-state index contributed by atoms with van der Waals surface area (Å²) in [6, 6.07) is 12.6. The highest BCUT2D eigenvalue weighted by molar-refractivity contribution is 7.92. The topological polar surface area (TPSA) is 111 Å². The number of hydrogen-bond acceptors (Lipinski definition) is 6. The minimum Gasteiger partial charge on any atom is -0.452 e. The summed E-state index contributed by atoms with van der Waals surface area (Å²) in [6.07, 6.45) is 2.83. The van der Waals surface area contributed by atoms with Crippen molar-refractivity contribution in [1.29, 1.82) is 0 Å². The fourth-order valence-corrected chi connectivity index (χ4v) is 8.52. The lowest BCUT2D eigenvalue weighted by atomic mass is 9.65. The van der Waals surface area contributed by atoms with E-state index in [9.17, 15) is 22.8 Å². The first kappa shape index (κ1) is 30.9. The monoisotopic (exact) mass is 628 g/mol. The molecule has 3 aromatic rings. The normalized spacial score (nSPS) is 21.1. The molecule has 1 saturated carbocycles. The van der Waals surface area contributed by atoms with Crippen LogP contribution in [0.5, 0.6) is 0 Å². The van der Waals surface area contributed by atoms with E-state index < -0.39 is 28.2 Å². The van der Waals surface area contributed by atoms with Crippen molar-refractivity contribution in [3.05, 3.63) is 75.2 Å². The molecule has 1 amide bonds. The molecule has 43 heavy (non-hydrogen) atoms. The molecular weight excluding hydrogens is 592 g/mol. The summed E-state index contributed by atoms with van der Waals surface area (Å²) >= 11 is 6.28. The molecular formula is C31H37ClN4O6S. The number of carbonyl (C=O) groups is 2.